The largest absolute Gasteiger partial charge is 0.385 e. The molecule has 1 amide bonds. The summed E-state index contributed by atoms with van der Waals surface area (Å²) in [6, 6.07) is 13.1. The van der Waals surface area contributed by atoms with Crippen LogP contribution in [0.25, 0.3) is 0 Å². The molecular formula is C20H22F2N2O3. The summed E-state index contributed by atoms with van der Waals surface area (Å²) >= 11 is 0. The number of aliphatic hydroxyl groups excluding tert-OH is 1. The molecule has 0 spiro atoms. The van der Waals surface area contributed by atoms with Gasteiger partial charge in [0.1, 0.15) is 12.1 Å². The zero-order valence-corrected chi connectivity index (χ0v) is 14.8. The summed E-state index contributed by atoms with van der Waals surface area (Å²) < 4.78 is 29.0. The second kappa shape index (κ2) is 8.83. The van der Waals surface area contributed by atoms with Crippen LogP contribution in [0.15, 0.2) is 60.7 Å². The average Bonchev–Trinajstić information content (AvgIpc) is 2.67. The van der Waals surface area contributed by atoms with Crippen LogP contribution in [0, 0.1) is 0 Å². The topological polar surface area (TPSA) is 92.4 Å². The SMILES string of the molecule is CC(=O)C(N)C(F)(F)C(O)C(Cc1ccccc1)NC(=O)c1ccccc1. The summed E-state index contributed by atoms with van der Waals surface area (Å²) in [5.41, 5.74) is 6.20. The van der Waals surface area contributed by atoms with Crippen molar-refractivity contribution >= 4 is 11.7 Å². The van der Waals surface area contributed by atoms with Gasteiger partial charge in [-0.05, 0) is 31.0 Å². The second-order valence-corrected chi connectivity index (χ2v) is 6.34. The van der Waals surface area contributed by atoms with Gasteiger partial charge >= 0.3 is 0 Å². The summed E-state index contributed by atoms with van der Waals surface area (Å²) in [6.07, 6.45) is -2.40. The van der Waals surface area contributed by atoms with Gasteiger partial charge in [-0.25, -0.2) is 8.78 Å². The minimum absolute atomic E-state index is 0.0548. The molecule has 3 unspecified atom stereocenters. The third kappa shape index (κ3) is 5.18. The Morgan fingerprint density at radius 2 is 1.59 bits per heavy atom. The van der Waals surface area contributed by atoms with E-state index >= 15 is 0 Å². The molecule has 0 aliphatic carbocycles. The highest BCUT2D eigenvalue weighted by atomic mass is 19.3. The highest BCUT2D eigenvalue weighted by Gasteiger charge is 2.50. The van der Waals surface area contributed by atoms with Crippen molar-refractivity contribution in [1.82, 2.24) is 5.32 Å². The monoisotopic (exact) mass is 376 g/mol. The van der Waals surface area contributed by atoms with Gasteiger partial charge in [0.15, 0.2) is 5.78 Å². The molecule has 2 rings (SSSR count). The minimum atomic E-state index is -3.91. The smallest absolute Gasteiger partial charge is 0.297 e. The van der Waals surface area contributed by atoms with Crippen LogP contribution in [-0.2, 0) is 11.2 Å². The Morgan fingerprint density at radius 3 is 2.11 bits per heavy atom. The number of Topliss-reactive ketones (excluding diaryl/α,β-unsaturated/α-hetero) is 1. The molecular weight excluding hydrogens is 354 g/mol. The first-order valence-electron chi connectivity index (χ1n) is 8.45. The number of nitrogens with one attached hydrogen (secondary N) is 1. The number of hydrogen-bond acceptors (Lipinski definition) is 4. The molecule has 0 saturated carbocycles. The third-order valence-electron chi connectivity index (χ3n) is 4.28. The Balaban J connectivity index is 2.28. The quantitative estimate of drug-likeness (QED) is 0.657. The van der Waals surface area contributed by atoms with Gasteiger partial charge < -0.3 is 16.2 Å². The van der Waals surface area contributed by atoms with Crippen molar-refractivity contribution < 1.29 is 23.5 Å². The number of halogens is 2. The molecule has 144 valence electrons. The predicted octanol–water partition coefficient (Wildman–Crippen LogP) is 1.94. The number of aliphatic hydroxyl groups is 1. The lowest BCUT2D eigenvalue weighted by Crippen LogP contribution is -2.60. The van der Waals surface area contributed by atoms with Crippen molar-refractivity contribution in [2.45, 2.75) is 37.5 Å². The Hall–Kier alpha value is -2.64. The van der Waals surface area contributed by atoms with E-state index in [0.29, 0.717) is 5.56 Å². The molecule has 0 bridgehead atoms. The van der Waals surface area contributed by atoms with E-state index in [4.69, 9.17) is 5.73 Å². The Kier molecular flexibility index (Phi) is 6.76. The van der Waals surface area contributed by atoms with Gasteiger partial charge in [0.2, 0.25) is 0 Å². The van der Waals surface area contributed by atoms with E-state index in [0.717, 1.165) is 6.92 Å². The van der Waals surface area contributed by atoms with E-state index in [9.17, 15) is 23.5 Å². The van der Waals surface area contributed by atoms with Gasteiger partial charge in [0, 0.05) is 5.56 Å². The number of hydrogen-bond donors (Lipinski definition) is 3. The number of ketones is 1. The van der Waals surface area contributed by atoms with Crippen molar-refractivity contribution in [2.24, 2.45) is 5.73 Å². The Labute approximate surface area is 156 Å². The number of nitrogens with two attached hydrogens (primary N) is 1. The van der Waals surface area contributed by atoms with Gasteiger partial charge in [-0.3, -0.25) is 9.59 Å². The molecule has 0 saturated heterocycles. The molecule has 4 N–H and O–H groups in total. The lowest BCUT2D eigenvalue weighted by molar-refractivity contribution is -0.151. The zero-order chi connectivity index (χ0) is 20.0. The first-order chi connectivity index (χ1) is 12.7. The van der Waals surface area contributed by atoms with Crippen LogP contribution in [0.2, 0.25) is 0 Å². The van der Waals surface area contributed by atoms with Crippen LogP contribution in [0.3, 0.4) is 0 Å². The lowest BCUT2D eigenvalue weighted by atomic mass is 9.92. The Bertz CT molecular complexity index is 769. The van der Waals surface area contributed by atoms with E-state index in [2.05, 4.69) is 5.32 Å². The van der Waals surface area contributed by atoms with Crippen LogP contribution in [0.4, 0.5) is 8.78 Å². The van der Waals surface area contributed by atoms with Crippen molar-refractivity contribution in [2.75, 3.05) is 0 Å². The van der Waals surface area contributed by atoms with E-state index in [1.54, 1.807) is 48.5 Å². The fourth-order valence-electron chi connectivity index (χ4n) is 2.67. The molecule has 2 aromatic rings. The van der Waals surface area contributed by atoms with Crippen molar-refractivity contribution in [3.05, 3.63) is 71.8 Å². The van der Waals surface area contributed by atoms with E-state index in [1.807, 2.05) is 0 Å². The number of carbonyl (C=O) groups excluding carboxylic acids is 2. The minimum Gasteiger partial charge on any atom is -0.385 e. The van der Waals surface area contributed by atoms with E-state index in [-0.39, 0.29) is 12.0 Å². The summed E-state index contributed by atoms with van der Waals surface area (Å²) in [5.74, 6) is -5.47. The normalized spacial score (nSPS) is 14.9. The predicted molar refractivity (Wildman–Crippen MR) is 97.5 cm³/mol. The van der Waals surface area contributed by atoms with Gasteiger partial charge in [0.25, 0.3) is 11.8 Å². The summed E-state index contributed by atoms with van der Waals surface area (Å²) in [5, 5.41) is 12.8. The van der Waals surface area contributed by atoms with Crippen LogP contribution in [0.1, 0.15) is 22.8 Å². The van der Waals surface area contributed by atoms with E-state index in [1.165, 1.54) is 12.1 Å². The molecule has 0 radical (unpaired) electrons. The summed E-state index contributed by atoms with van der Waals surface area (Å²) in [7, 11) is 0. The molecule has 5 nitrogen and oxygen atoms in total. The molecule has 0 aliphatic heterocycles. The third-order valence-corrected chi connectivity index (χ3v) is 4.28. The van der Waals surface area contributed by atoms with Gasteiger partial charge in [0.05, 0.1) is 6.04 Å². The number of benzene rings is 2. The highest BCUT2D eigenvalue weighted by Crippen LogP contribution is 2.26. The first-order valence-corrected chi connectivity index (χ1v) is 8.45. The van der Waals surface area contributed by atoms with Crippen LogP contribution >= 0.6 is 0 Å². The van der Waals surface area contributed by atoms with Crippen LogP contribution in [-0.4, -0.2) is 40.9 Å². The van der Waals surface area contributed by atoms with Gasteiger partial charge in [-0.1, -0.05) is 48.5 Å². The maximum absolute atomic E-state index is 14.5. The molecule has 7 heteroatoms. The fourth-order valence-corrected chi connectivity index (χ4v) is 2.67. The van der Waals surface area contributed by atoms with Crippen LogP contribution in [0.5, 0.6) is 0 Å². The zero-order valence-electron chi connectivity index (χ0n) is 14.8. The van der Waals surface area contributed by atoms with Crippen molar-refractivity contribution in [3.63, 3.8) is 0 Å². The van der Waals surface area contributed by atoms with Gasteiger partial charge in [-0.2, -0.15) is 0 Å². The molecule has 2 aromatic carbocycles. The second-order valence-electron chi connectivity index (χ2n) is 6.34. The van der Waals surface area contributed by atoms with Crippen molar-refractivity contribution in [3.8, 4) is 0 Å². The number of carbonyl (C=O) groups is 2. The molecule has 3 atom stereocenters. The highest BCUT2D eigenvalue weighted by molar-refractivity contribution is 5.94. The van der Waals surface area contributed by atoms with Gasteiger partial charge in [-0.15, -0.1) is 0 Å². The molecule has 0 aliphatic rings. The summed E-state index contributed by atoms with van der Waals surface area (Å²) in [4.78, 5) is 23.7. The maximum atomic E-state index is 14.5. The lowest BCUT2D eigenvalue weighted by Gasteiger charge is -2.33. The van der Waals surface area contributed by atoms with Crippen molar-refractivity contribution in [1.29, 1.82) is 0 Å². The van der Waals surface area contributed by atoms with Crippen LogP contribution < -0.4 is 11.1 Å². The van der Waals surface area contributed by atoms with E-state index < -0.39 is 35.8 Å². The molecule has 27 heavy (non-hydrogen) atoms. The number of alkyl halides is 2. The number of rotatable bonds is 8. The Morgan fingerprint density at radius 1 is 1.07 bits per heavy atom. The maximum Gasteiger partial charge on any atom is 0.297 e. The molecule has 0 heterocycles. The average molecular weight is 376 g/mol. The summed E-state index contributed by atoms with van der Waals surface area (Å²) in [6.45, 7) is 0.931. The molecule has 0 fully saturated rings. The molecule has 0 aromatic heterocycles. The number of amides is 1. The first kappa shape index (κ1) is 20.7. The fraction of sp³-hybridized carbons (Fsp3) is 0.300. The standard InChI is InChI=1S/C20H22F2N2O3/c1-13(25)17(23)20(21,22)18(26)16(12-14-8-4-2-5-9-14)24-19(27)15-10-6-3-7-11-15/h2-11,16-18,26H,12,23H2,1H3,(H,24,27).